The minimum atomic E-state index is -0.307. The molecule has 0 heterocycles. The topological polar surface area (TPSA) is 46.6 Å². The summed E-state index contributed by atoms with van der Waals surface area (Å²) in [4.78, 5) is 27.4. The van der Waals surface area contributed by atoms with Gasteiger partial charge in [-0.1, -0.05) is 91.0 Å². The van der Waals surface area contributed by atoms with E-state index < -0.39 is 0 Å². The molecule has 2 atom stereocenters. The van der Waals surface area contributed by atoms with Gasteiger partial charge in [-0.05, 0) is 23.1 Å². The number of benzene rings is 3. The fraction of sp³-hybridized carbons (Fsp3) is 0.259. The Morgan fingerprint density at radius 1 is 0.774 bits per heavy atom. The highest BCUT2D eigenvalue weighted by Gasteiger charge is 2.43. The van der Waals surface area contributed by atoms with E-state index in [9.17, 15) is 9.59 Å². The van der Waals surface area contributed by atoms with Crippen molar-refractivity contribution in [1.82, 2.24) is 4.90 Å². The average molecular weight is 414 g/mol. The summed E-state index contributed by atoms with van der Waals surface area (Å²) in [7, 11) is 0. The van der Waals surface area contributed by atoms with Gasteiger partial charge in [0.25, 0.3) is 0 Å². The van der Waals surface area contributed by atoms with Crippen LogP contribution < -0.4 is 0 Å². The Hall–Kier alpha value is -3.24. The van der Waals surface area contributed by atoms with Crippen molar-refractivity contribution in [3.8, 4) is 0 Å². The van der Waals surface area contributed by atoms with Crippen LogP contribution >= 0.6 is 0 Å². The molecule has 1 aliphatic carbocycles. The maximum absolute atomic E-state index is 12.9. The first-order valence-corrected chi connectivity index (χ1v) is 10.7. The maximum Gasteiger partial charge on any atom is 0.306 e. The standard InChI is InChI=1S/C27H27NO3/c29-26(31-20-23-14-8-3-9-15-23)17-24-16-25(27(24)30)28(18-21-10-4-1-5-11-21)19-22-12-6-2-7-13-22/h1-15,24-25H,16-20H2. The van der Waals surface area contributed by atoms with Gasteiger partial charge in [0.05, 0.1) is 12.5 Å². The fourth-order valence-corrected chi connectivity index (χ4v) is 4.04. The average Bonchev–Trinajstić information content (AvgIpc) is 2.81. The molecular formula is C27H27NO3. The summed E-state index contributed by atoms with van der Waals surface area (Å²) in [6.07, 6.45) is 0.853. The van der Waals surface area contributed by atoms with Gasteiger partial charge in [0.15, 0.2) is 5.78 Å². The lowest BCUT2D eigenvalue weighted by atomic mass is 9.75. The van der Waals surface area contributed by atoms with E-state index in [-0.39, 0.29) is 36.7 Å². The molecule has 0 aromatic heterocycles. The molecule has 0 bridgehead atoms. The molecule has 4 heteroatoms. The quantitative estimate of drug-likeness (QED) is 0.474. The number of hydrogen-bond donors (Lipinski definition) is 0. The van der Waals surface area contributed by atoms with Crippen LogP contribution in [0.5, 0.6) is 0 Å². The second-order valence-corrected chi connectivity index (χ2v) is 8.08. The first-order valence-electron chi connectivity index (χ1n) is 10.7. The fourth-order valence-electron chi connectivity index (χ4n) is 4.04. The number of Topliss-reactive ketones (excluding diaryl/α,β-unsaturated/α-hetero) is 1. The number of rotatable bonds is 9. The molecule has 0 aliphatic heterocycles. The number of carbonyl (C=O) groups excluding carboxylic acids is 2. The van der Waals surface area contributed by atoms with Crippen molar-refractivity contribution in [3.05, 3.63) is 108 Å². The van der Waals surface area contributed by atoms with Gasteiger partial charge >= 0.3 is 5.97 Å². The molecular weight excluding hydrogens is 386 g/mol. The molecule has 1 aliphatic rings. The molecule has 31 heavy (non-hydrogen) atoms. The van der Waals surface area contributed by atoms with Gasteiger partial charge in [0.1, 0.15) is 6.61 Å². The number of nitrogens with zero attached hydrogens (tertiary/aromatic N) is 1. The summed E-state index contributed by atoms with van der Waals surface area (Å²) in [6, 6.07) is 29.8. The maximum atomic E-state index is 12.9. The van der Waals surface area contributed by atoms with Crippen molar-refractivity contribution < 1.29 is 14.3 Å². The van der Waals surface area contributed by atoms with Crippen molar-refractivity contribution >= 4 is 11.8 Å². The second-order valence-electron chi connectivity index (χ2n) is 8.08. The first-order chi connectivity index (χ1) is 15.2. The summed E-state index contributed by atoms with van der Waals surface area (Å²) >= 11 is 0. The van der Waals surface area contributed by atoms with Crippen molar-refractivity contribution in [3.63, 3.8) is 0 Å². The van der Waals surface area contributed by atoms with Crippen LogP contribution in [0.4, 0.5) is 0 Å². The van der Waals surface area contributed by atoms with E-state index in [4.69, 9.17) is 4.74 Å². The molecule has 158 valence electrons. The molecule has 2 unspecified atom stereocenters. The number of hydrogen-bond acceptors (Lipinski definition) is 4. The van der Waals surface area contributed by atoms with Crippen LogP contribution in [0.2, 0.25) is 0 Å². The number of ether oxygens (including phenoxy) is 1. The van der Waals surface area contributed by atoms with Crippen LogP contribution in [0.3, 0.4) is 0 Å². The summed E-state index contributed by atoms with van der Waals surface area (Å²) in [5.41, 5.74) is 3.31. The molecule has 0 N–H and O–H groups in total. The molecule has 1 fully saturated rings. The minimum absolute atomic E-state index is 0.142. The van der Waals surface area contributed by atoms with Crippen LogP contribution in [-0.4, -0.2) is 22.7 Å². The predicted molar refractivity (Wildman–Crippen MR) is 120 cm³/mol. The summed E-state index contributed by atoms with van der Waals surface area (Å²) in [5, 5.41) is 0. The van der Waals surface area contributed by atoms with E-state index in [1.807, 2.05) is 66.7 Å². The molecule has 3 aromatic carbocycles. The van der Waals surface area contributed by atoms with E-state index in [2.05, 4.69) is 29.2 Å². The van der Waals surface area contributed by atoms with E-state index in [0.29, 0.717) is 19.5 Å². The third-order valence-electron chi connectivity index (χ3n) is 5.79. The van der Waals surface area contributed by atoms with E-state index in [1.165, 1.54) is 11.1 Å². The lowest BCUT2D eigenvalue weighted by molar-refractivity contribution is -0.153. The monoisotopic (exact) mass is 413 g/mol. The highest BCUT2D eigenvalue weighted by Crippen LogP contribution is 2.33. The van der Waals surface area contributed by atoms with Gasteiger partial charge in [-0.15, -0.1) is 0 Å². The molecule has 4 nitrogen and oxygen atoms in total. The molecule has 0 spiro atoms. The minimum Gasteiger partial charge on any atom is -0.461 e. The van der Waals surface area contributed by atoms with Crippen molar-refractivity contribution in [1.29, 1.82) is 0 Å². The Kier molecular flexibility index (Phi) is 6.90. The number of carbonyl (C=O) groups is 2. The van der Waals surface area contributed by atoms with Gasteiger partial charge in [-0.2, -0.15) is 0 Å². The molecule has 0 radical (unpaired) electrons. The number of ketones is 1. The van der Waals surface area contributed by atoms with Gasteiger partial charge < -0.3 is 4.74 Å². The highest BCUT2D eigenvalue weighted by molar-refractivity contribution is 5.94. The Balaban J connectivity index is 1.34. The lowest BCUT2D eigenvalue weighted by Crippen LogP contribution is -2.53. The zero-order valence-electron chi connectivity index (χ0n) is 17.5. The first kappa shape index (κ1) is 21.0. The Labute approximate surface area is 183 Å². The normalized spacial score (nSPS) is 17.9. The van der Waals surface area contributed by atoms with E-state index >= 15 is 0 Å². The van der Waals surface area contributed by atoms with Gasteiger partial charge in [-0.3, -0.25) is 14.5 Å². The summed E-state index contributed by atoms with van der Waals surface area (Å²) in [5.74, 6) is -0.413. The third kappa shape index (κ3) is 5.68. The van der Waals surface area contributed by atoms with Crippen molar-refractivity contribution in [2.45, 2.75) is 38.6 Å². The largest absolute Gasteiger partial charge is 0.461 e. The van der Waals surface area contributed by atoms with Gasteiger partial charge in [-0.25, -0.2) is 0 Å². The van der Waals surface area contributed by atoms with Gasteiger partial charge in [0, 0.05) is 19.0 Å². The SMILES string of the molecule is O=C(CC1CC(N(Cc2ccccc2)Cc2ccccc2)C1=O)OCc1ccccc1. The number of esters is 1. The molecule has 4 rings (SSSR count). The van der Waals surface area contributed by atoms with E-state index in [0.717, 1.165) is 5.56 Å². The van der Waals surface area contributed by atoms with Crippen molar-refractivity contribution in [2.75, 3.05) is 0 Å². The summed E-state index contributed by atoms with van der Waals surface area (Å²) < 4.78 is 5.37. The molecule has 0 amide bonds. The van der Waals surface area contributed by atoms with E-state index in [1.54, 1.807) is 0 Å². The Bertz CT molecular complexity index is 947. The second kappa shape index (κ2) is 10.2. The van der Waals surface area contributed by atoms with Crippen LogP contribution in [0.15, 0.2) is 91.0 Å². The van der Waals surface area contributed by atoms with Crippen LogP contribution in [0.25, 0.3) is 0 Å². The highest BCUT2D eigenvalue weighted by atomic mass is 16.5. The molecule has 1 saturated carbocycles. The smallest absolute Gasteiger partial charge is 0.306 e. The molecule has 3 aromatic rings. The van der Waals surface area contributed by atoms with Crippen LogP contribution in [0, 0.1) is 5.92 Å². The Morgan fingerprint density at radius 3 is 1.74 bits per heavy atom. The molecule has 0 saturated heterocycles. The summed E-state index contributed by atoms with van der Waals surface area (Å²) in [6.45, 7) is 1.66. The lowest BCUT2D eigenvalue weighted by Gasteiger charge is -2.41. The Morgan fingerprint density at radius 2 is 1.26 bits per heavy atom. The van der Waals surface area contributed by atoms with Gasteiger partial charge in [0.2, 0.25) is 0 Å². The van der Waals surface area contributed by atoms with Crippen LogP contribution in [-0.2, 0) is 34.0 Å². The zero-order valence-corrected chi connectivity index (χ0v) is 17.5. The predicted octanol–water partition coefficient (Wildman–Crippen LogP) is 4.78. The van der Waals surface area contributed by atoms with Crippen LogP contribution in [0.1, 0.15) is 29.5 Å². The third-order valence-corrected chi connectivity index (χ3v) is 5.79. The zero-order chi connectivity index (χ0) is 21.5. The van der Waals surface area contributed by atoms with Crippen molar-refractivity contribution in [2.24, 2.45) is 5.92 Å².